The van der Waals surface area contributed by atoms with E-state index in [-0.39, 0.29) is 0 Å². The highest BCUT2D eigenvalue weighted by Crippen LogP contribution is 2.39. The molecule has 0 atom stereocenters. The Hall–Kier alpha value is -6.91. The molecule has 2 heterocycles. The number of fused-ring (bicyclic) bond motifs is 5. The topological polar surface area (TPSA) is 42.4 Å². The van der Waals surface area contributed by atoms with Crippen LogP contribution in [0.4, 0.5) is 17.1 Å². The average Bonchev–Trinajstić information content (AvgIpc) is 3.78. The third kappa shape index (κ3) is 5.13. The molecule has 0 amide bonds. The van der Waals surface area contributed by atoms with Crippen LogP contribution < -0.4 is 4.90 Å². The van der Waals surface area contributed by atoms with Gasteiger partial charge in [-0.05, 0) is 99.8 Å². The lowest BCUT2D eigenvalue weighted by Gasteiger charge is -2.26. The molecule has 10 rings (SSSR count). The van der Waals surface area contributed by atoms with E-state index < -0.39 is 0 Å². The Labute approximate surface area is 294 Å². The number of furan rings is 1. The minimum atomic E-state index is 0.605. The molecule has 0 aliphatic rings. The van der Waals surface area contributed by atoms with Crippen molar-refractivity contribution in [2.24, 2.45) is 0 Å². The highest BCUT2D eigenvalue weighted by Gasteiger charge is 2.16. The van der Waals surface area contributed by atoms with Gasteiger partial charge in [0, 0.05) is 39.5 Å². The van der Waals surface area contributed by atoms with Crippen LogP contribution in [0, 0.1) is 0 Å². The van der Waals surface area contributed by atoms with Crippen molar-refractivity contribution in [1.29, 1.82) is 0 Å². The summed E-state index contributed by atoms with van der Waals surface area (Å²) in [5.41, 5.74) is 12.0. The molecule has 0 aliphatic heterocycles. The van der Waals surface area contributed by atoms with Crippen molar-refractivity contribution in [1.82, 2.24) is 4.98 Å². The standard InChI is InChI=1S/C47H30N2O2/c1-3-11-34(12-4-1)47-48-43-29-42-41-28-35(22-27-44(41)50-45(42)30-46(43)51-47)31-18-23-37(24-19-31)49(36-14-5-2-6-15-36)38-25-20-33(21-26-38)40-17-9-13-32-10-7-8-16-39(32)40/h1-30H. The Morgan fingerprint density at radius 2 is 1.00 bits per heavy atom. The molecule has 0 unspecified atom stereocenters. The van der Waals surface area contributed by atoms with Crippen molar-refractivity contribution in [2.45, 2.75) is 0 Å². The molecular formula is C47H30N2O2. The van der Waals surface area contributed by atoms with Gasteiger partial charge >= 0.3 is 0 Å². The number of oxazole rings is 1. The summed E-state index contributed by atoms with van der Waals surface area (Å²) in [5.74, 6) is 0.605. The molecule has 0 radical (unpaired) electrons. The zero-order valence-corrected chi connectivity index (χ0v) is 27.5. The fourth-order valence-electron chi connectivity index (χ4n) is 7.18. The predicted molar refractivity (Wildman–Crippen MR) is 210 cm³/mol. The summed E-state index contributed by atoms with van der Waals surface area (Å²) in [6.45, 7) is 0. The predicted octanol–water partition coefficient (Wildman–Crippen LogP) is 13.4. The van der Waals surface area contributed by atoms with Crippen molar-refractivity contribution in [2.75, 3.05) is 4.90 Å². The van der Waals surface area contributed by atoms with Crippen LogP contribution >= 0.6 is 0 Å². The maximum Gasteiger partial charge on any atom is 0.227 e. The van der Waals surface area contributed by atoms with E-state index in [1.54, 1.807) is 0 Å². The first-order chi connectivity index (χ1) is 25.2. The van der Waals surface area contributed by atoms with E-state index in [4.69, 9.17) is 13.8 Å². The van der Waals surface area contributed by atoms with Gasteiger partial charge in [-0.15, -0.1) is 0 Å². The van der Waals surface area contributed by atoms with Gasteiger partial charge < -0.3 is 13.7 Å². The first-order valence-corrected chi connectivity index (χ1v) is 17.1. The Morgan fingerprint density at radius 1 is 0.373 bits per heavy atom. The number of hydrogen-bond acceptors (Lipinski definition) is 4. The van der Waals surface area contributed by atoms with Crippen LogP contribution in [-0.4, -0.2) is 4.98 Å². The van der Waals surface area contributed by atoms with Gasteiger partial charge in [-0.3, -0.25) is 0 Å². The highest BCUT2D eigenvalue weighted by molar-refractivity contribution is 6.10. The van der Waals surface area contributed by atoms with E-state index in [0.29, 0.717) is 11.5 Å². The van der Waals surface area contributed by atoms with Crippen molar-refractivity contribution < 1.29 is 8.83 Å². The molecule has 2 aromatic heterocycles. The zero-order chi connectivity index (χ0) is 33.7. The van der Waals surface area contributed by atoms with E-state index in [0.717, 1.165) is 61.2 Å². The Balaban J connectivity index is 0.996. The van der Waals surface area contributed by atoms with E-state index in [2.05, 4.69) is 150 Å². The van der Waals surface area contributed by atoms with Crippen LogP contribution in [0.15, 0.2) is 191 Å². The Morgan fingerprint density at radius 3 is 1.78 bits per heavy atom. The van der Waals surface area contributed by atoms with Crippen LogP contribution in [-0.2, 0) is 0 Å². The van der Waals surface area contributed by atoms with E-state index in [1.807, 2.05) is 36.4 Å². The van der Waals surface area contributed by atoms with Crippen LogP contribution in [0.3, 0.4) is 0 Å². The van der Waals surface area contributed by atoms with Crippen molar-refractivity contribution in [3.63, 3.8) is 0 Å². The lowest BCUT2D eigenvalue weighted by atomic mass is 9.98. The molecule has 51 heavy (non-hydrogen) atoms. The second-order valence-corrected chi connectivity index (χ2v) is 12.8. The molecule has 240 valence electrons. The molecule has 0 saturated heterocycles. The second kappa shape index (κ2) is 11.9. The molecule has 4 heteroatoms. The van der Waals surface area contributed by atoms with Gasteiger partial charge in [0.15, 0.2) is 5.58 Å². The molecule has 0 saturated carbocycles. The Kier molecular flexibility index (Phi) is 6.78. The van der Waals surface area contributed by atoms with E-state index in [1.165, 1.54) is 21.9 Å². The third-order valence-corrected chi connectivity index (χ3v) is 9.70. The average molecular weight is 655 g/mol. The quantitative estimate of drug-likeness (QED) is 0.179. The monoisotopic (exact) mass is 654 g/mol. The summed E-state index contributed by atoms with van der Waals surface area (Å²) < 4.78 is 12.4. The molecule has 0 N–H and O–H groups in total. The van der Waals surface area contributed by atoms with E-state index >= 15 is 0 Å². The molecule has 0 spiro atoms. The minimum absolute atomic E-state index is 0.605. The summed E-state index contributed by atoms with van der Waals surface area (Å²) in [4.78, 5) is 7.10. The summed E-state index contributed by atoms with van der Waals surface area (Å²) in [5, 5.41) is 4.57. The fraction of sp³-hybridized carbons (Fsp3) is 0. The molecule has 0 bridgehead atoms. The van der Waals surface area contributed by atoms with Crippen LogP contribution in [0.25, 0.3) is 77.5 Å². The van der Waals surface area contributed by atoms with Crippen molar-refractivity contribution in [3.8, 4) is 33.7 Å². The number of rotatable bonds is 6. The molecule has 0 aliphatic carbocycles. The summed E-state index contributed by atoms with van der Waals surface area (Å²) >= 11 is 0. The molecule has 4 nitrogen and oxygen atoms in total. The van der Waals surface area contributed by atoms with Gasteiger partial charge in [0.25, 0.3) is 0 Å². The number of para-hydroxylation sites is 1. The minimum Gasteiger partial charge on any atom is -0.456 e. The zero-order valence-electron chi connectivity index (χ0n) is 27.5. The number of aromatic nitrogens is 1. The van der Waals surface area contributed by atoms with Crippen molar-refractivity contribution >= 4 is 60.9 Å². The molecular weight excluding hydrogens is 625 g/mol. The first kappa shape index (κ1) is 29.0. The van der Waals surface area contributed by atoms with Crippen LogP contribution in [0.2, 0.25) is 0 Å². The third-order valence-electron chi connectivity index (χ3n) is 9.70. The first-order valence-electron chi connectivity index (χ1n) is 17.1. The van der Waals surface area contributed by atoms with Crippen LogP contribution in [0.5, 0.6) is 0 Å². The van der Waals surface area contributed by atoms with Gasteiger partial charge in [0.05, 0.1) is 0 Å². The Bertz CT molecular complexity index is 2830. The fourth-order valence-corrected chi connectivity index (χ4v) is 7.18. The number of benzene rings is 8. The van der Waals surface area contributed by atoms with Crippen molar-refractivity contribution in [3.05, 3.63) is 182 Å². The number of anilines is 3. The highest BCUT2D eigenvalue weighted by atomic mass is 16.4. The summed E-state index contributed by atoms with van der Waals surface area (Å²) in [6.07, 6.45) is 0. The van der Waals surface area contributed by atoms with Gasteiger partial charge in [0.2, 0.25) is 5.89 Å². The lowest BCUT2D eigenvalue weighted by Crippen LogP contribution is -2.09. The molecule has 0 fully saturated rings. The van der Waals surface area contributed by atoms with E-state index in [9.17, 15) is 0 Å². The number of hydrogen-bond donors (Lipinski definition) is 0. The maximum absolute atomic E-state index is 6.28. The maximum atomic E-state index is 6.28. The smallest absolute Gasteiger partial charge is 0.227 e. The SMILES string of the molecule is c1ccc(-c2nc3cc4c(cc3o2)oc2ccc(-c3ccc(N(c5ccccc5)c5ccc(-c6cccc7ccccc67)cc5)cc3)cc24)cc1. The molecule has 10 aromatic rings. The largest absolute Gasteiger partial charge is 0.456 e. The normalized spacial score (nSPS) is 11.5. The van der Waals surface area contributed by atoms with Crippen LogP contribution in [0.1, 0.15) is 0 Å². The number of nitrogens with zero attached hydrogens (tertiary/aromatic N) is 2. The molecule has 8 aromatic carbocycles. The summed E-state index contributed by atoms with van der Waals surface area (Å²) in [7, 11) is 0. The van der Waals surface area contributed by atoms with Gasteiger partial charge in [0.1, 0.15) is 16.7 Å². The van der Waals surface area contributed by atoms with Gasteiger partial charge in [-0.2, -0.15) is 0 Å². The lowest BCUT2D eigenvalue weighted by molar-refractivity contribution is 0.617. The van der Waals surface area contributed by atoms with Gasteiger partial charge in [-0.25, -0.2) is 4.98 Å². The second-order valence-electron chi connectivity index (χ2n) is 12.8. The summed E-state index contributed by atoms with van der Waals surface area (Å²) in [6, 6.07) is 63.6. The van der Waals surface area contributed by atoms with Gasteiger partial charge in [-0.1, -0.05) is 109 Å².